The van der Waals surface area contributed by atoms with Gasteiger partial charge in [-0.25, -0.2) is 8.78 Å². The Kier molecular flexibility index (Phi) is 4.98. The molecule has 1 unspecified atom stereocenters. The largest absolute Gasteiger partial charge is 0.373 e. The van der Waals surface area contributed by atoms with Gasteiger partial charge in [-0.05, 0) is 12.3 Å². The lowest BCUT2D eigenvalue weighted by atomic mass is 9.81. The first-order valence-electron chi connectivity index (χ1n) is 5.41. The minimum atomic E-state index is -4.07. The summed E-state index contributed by atoms with van der Waals surface area (Å²) in [5.41, 5.74) is 5.63. The van der Waals surface area contributed by atoms with Crippen LogP contribution in [0.2, 0.25) is 0 Å². The molecule has 0 bridgehead atoms. The Hall–Kier alpha value is -0.360. The average Bonchev–Trinajstić information content (AvgIpc) is 2.11. The number of hydrogen-bond acceptors (Lipinski definition) is 2. The van der Waals surface area contributed by atoms with Gasteiger partial charge in [0.1, 0.15) is 6.61 Å². The maximum atomic E-state index is 12.4. The molecule has 1 aliphatic rings. The van der Waals surface area contributed by atoms with Crippen molar-refractivity contribution in [1.29, 1.82) is 0 Å². The summed E-state index contributed by atoms with van der Waals surface area (Å²) in [4.78, 5) is 0. The van der Waals surface area contributed by atoms with Crippen LogP contribution in [0.25, 0.3) is 0 Å². The van der Waals surface area contributed by atoms with Crippen LogP contribution in [-0.2, 0) is 4.74 Å². The lowest BCUT2D eigenvalue weighted by molar-refractivity contribution is -0.166. The van der Waals surface area contributed by atoms with Gasteiger partial charge in [0.25, 0.3) is 0 Å². The molecule has 96 valence electrons. The zero-order chi connectivity index (χ0) is 12.2. The maximum Gasteiger partial charge on any atom is 0.330 e. The molecule has 1 atom stereocenters. The molecule has 0 heterocycles. The fraction of sp³-hybridized carbons (Fsp3) is 1.00. The second-order valence-electron chi connectivity index (χ2n) is 4.37. The Morgan fingerprint density at radius 3 is 2.38 bits per heavy atom. The van der Waals surface area contributed by atoms with E-state index in [1.54, 1.807) is 0 Å². The van der Waals surface area contributed by atoms with Crippen molar-refractivity contribution in [3.05, 3.63) is 0 Å². The van der Waals surface area contributed by atoms with Crippen LogP contribution in [-0.4, -0.2) is 31.6 Å². The number of halogens is 4. The van der Waals surface area contributed by atoms with Gasteiger partial charge in [-0.3, -0.25) is 0 Å². The summed E-state index contributed by atoms with van der Waals surface area (Å²) < 4.78 is 52.9. The summed E-state index contributed by atoms with van der Waals surface area (Å²) in [6.07, 6.45) is 0.444. The fourth-order valence-corrected chi connectivity index (χ4v) is 1.63. The summed E-state index contributed by atoms with van der Waals surface area (Å²) in [6, 6.07) is -0.334. The van der Waals surface area contributed by atoms with Crippen molar-refractivity contribution in [3.63, 3.8) is 0 Å². The zero-order valence-electron chi connectivity index (χ0n) is 8.97. The molecule has 0 aromatic carbocycles. The van der Waals surface area contributed by atoms with Gasteiger partial charge in [0.15, 0.2) is 0 Å². The summed E-state index contributed by atoms with van der Waals surface area (Å²) in [7, 11) is 0. The third-order valence-corrected chi connectivity index (χ3v) is 2.81. The number of ether oxygens (including phenoxy) is 1. The number of alkyl halides is 4. The van der Waals surface area contributed by atoms with Crippen molar-refractivity contribution in [2.75, 3.05) is 13.2 Å². The molecule has 1 rings (SSSR count). The van der Waals surface area contributed by atoms with E-state index in [0.29, 0.717) is 5.92 Å². The standard InChI is InChI=1S/C10H17F4NO/c11-9(12)10(13,14)6-16-5-8(15)4-7-2-1-3-7/h7-9H,1-6,15H2. The van der Waals surface area contributed by atoms with Gasteiger partial charge < -0.3 is 10.5 Å². The van der Waals surface area contributed by atoms with Crippen molar-refractivity contribution in [2.24, 2.45) is 11.7 Å². The van der Waals surface area contributed by atoms with Crippen LogP contribution in [0.3, 0.4) is 0 Å². The summed E-state index contributed by atoms with van der Waals surface area (Å²) in [6.45, 7) is -1.35. The molecular weight excluding hydrogens is 226 g/mol. The van der Waals surface area contributed by atoms with Crippen molar-refractivity contribution < 1.29 is 22.3 Å². The van der Waals surface area contributed by atoms with E-state index < -0.39 is 19.0 Å². The van der Waals surface area contributed by atoms with E-state index >= 15 is 0 Å². The van der Waals surface area contributed by atoms with Crippen molar-refractivity contribution in [3.8, 4) is 0 Å². The second kappa shape index (κ2) is 5.82. The Morgan fingerprint density at radius 2 is 1.94 bits per heavy atom. The molecule has 0 radical (unpaired) electrons. The molecule has 0 amide bonds. The minimum absolute atomic E-state index is 0.0845. The molecule has 1 aliphatic carbocycles. The highest BCUT2D eigenvalue weighted by atomic mass is 19.3. The topological polar surface area (TPSA) is 35.2 Å². The van der Waals surface area contributed by atoms with Gasteiger partial charge >= 0.3 is 12.3 Å². The lowest BCUT2D eigenvalue weighted by Crippen LogP contribution is -2.36. The Bertz CT molecular complexity index is 209. The lowest BCUT2D eigenvalue weighted by Gasteiger charge is -2.28. The van der Waals surface area contributed by atoms with E-state index in [9.17, 15) is 17.6 Å². The smallest absolute Gasteiger partial charge is 0.330 e. The molecule has 0 spiro atoms. The molecule has 2 N–H and O–H groups in total. The van der Waals surface area contributed by atoms with Crippen LogP contribution < -0.4 is 5.73 Å². The van der Waals surface area contributed by atoms with Crippen LogP contribution in [0, 0.1) is 5.92 Å². The first-order valence-corrected chi connectivity index (χ1v) is 5.41. The number of hydrogen-bond donors (Lipinski definition) is 1. The van der Waals surface area contributed by atoms with Gasteiger partial charge in [-0.15, -0.1) is 0 Å². The monoisotopic (exact) mass is 243 g/mol. The second-order valence-corrected chi connectivity index (χ2v) is 4.37. The molecule has 0 aromatic rings. The zero-order valence-corrected chi connectivity index (χ0v) is 8.97. The number of nitrogens with two attached hydrogens (primary N) is 1. The van der Waals surface area contributed by atoms with Gasteiger partial charge in [-0.2, -0.15) is 8.78 Å². The molecule has 16 heavy (non-hydrogen) atoms. The van der Waals surface area contributed by atoms with Gasteiger partial charge in [0.05, 0.1) is 6.61 Å². The van der Waals surface area contributed by atoms with Gasteiger partial charge in [-0.1, -0.05) is 19.3 Å². The third kappa shape index (κ3) is 4.25. The van der Waals surface area contributed by atoms with Crippen molar-refractivity contribution >= 4 is 0 Å². The summed E-state index contributed by atoms with van der Waals surface area (Å²) >= 11 is 0. The van der Waals surface area contributed by atoms with Crippen LogP contribution >= 0.6 is 0 Å². The molecular formula is C10H17F4NO. The van der Waals surface area contributed by atoms with Crippen LogP contribution in [0.1, 0.15) is 25.7 Å². The predicted molar refractivity (Wildman–Crippen MR) is 51.7 cm³/mol. The van der Waals surface area contributed by atoms with Gasteiger partial charge in [0, 0.05) is 6.04 Å². The summed E-state index contributed by atoms with van der Waals surface area (Å²) in [5.74, 6) is -3.52. The highest BCUT2D eigenvalue weighted by Gasteiger charge is 2.41. The van der Waals surface area contributed by atoms with E-state index in [1.165, 1.54) is 6.42 Å². The van der Waals surface area contributed by atoms with Crippen LogP contribution in [0.4, 0.5) is 17.6 Å². The molecule has 0 aliphatic heterocycles. The maximum absolute atomic E-state index is 12.4. The first-order chi connectivity index (χ1) is 7.42. The highest BCUT2D eigenvalue weighted by molar-refractivity contribution is 4.75. The Balaban J connectivity index is 2.09. The molecule has 1 fully saturated rings. The van der Waals surface area contributed by atoms with E-state index in [4.69, 9.17) is 5.73 Å². The van der Waals surface area contributed by atoms with Crippen LogP contribution in [0.15, 0.2) is 0 Å². The normalized spacial score (nSPS) is 19.9. The average molecular weight is 243 g/mol. The SMILES string of the molecule is NC(COCC(F)(F)C(F)F)CC1CCC1. The fourth-order valence-electron chi connectivity index (χ4n) is 1.63. The minimum Gasteiger partial charge on any atom is -0.373 e. The van der Waals surface area contributed by atoms with Crippen LogP contribution in [0.5, 0.6) is 0 Å². The van der Waals surface area contributed by atoms with Crippen molar-refractivity contribution in [1.82, 2.24) is 0 Å². The summed E-state index contributed by atoms with van der Waals surface area (Å²) in [5, 5.41) is 0. The molecule has 6 heteroatoms. The Labute approximate surface area is 92.1 Å². The predicted octanol–water partition coefficient (Wildman–Crippen LogP) is 2.42. The molecule has 0 saturated heterocycles. The molecule has 0 aromatic heterocycles. The third-order valence-electron chi connectivity index (χ3n) is 2.81. The Morgan fingerprint density at radius 1 is 1.31 bits per heavy atom. The van der Waals surface area contributed by atoms with E-state index in [0.717, 1.165) is 19.3 Å². The van der Waals surface area contributed by atoms with E-state index in [1.807, 2.05) is 0 Å². The van der Waals surface area contributed by atoms with Crippen molar-refractivity contribution in [2.45, 2.75) is 44.1 Å². The van der Waals surface area contributed by atoms with Gasteiger partial charge in [0.2, 0.25) is 0 Å². The van der Waals surface area contributed by atoms with E-state index in [2.05, 4.69) is 4.74 Å². The molecule has 2 nitrogen and oxygen atoms in total. The number of rotatable bonds is 7. The van der Waals surface area contributed by atoms with E-state index in [-0.39, 0.29) is 12.6 Å². The first kappa shape index (κ1) is 13.7. The highest BCUT2D eigenvalue weighted by Crippen LogP contribution is 2.30. The quantitative estimate of drug-likeness (QED) is 0.697. The molecule has 1 saturated carbocycles.